The van der Waals surface area contributed by atoms with Crippen molar-refractivity contribution in [1.82, 2.24) is 4.57 Å². The molecule has 2 N–H and O–H groups in total. The third-order valence-corrected chi connectivity index (χ3v) is 6.93. The molecule has 2 aliphatic carbocycles. The van der Waals surface area contributed by atoms with Crippen LogP contribution in [0.15, 0.2) is 40.4 Å². The zero-order valence-corrected chi connectivity index (χ0v) is 20.2. The number of rotatable bonds is 7. The first-order valence-corrected chi connectivity index (χ1v) is 11.6. The first-order chi connectivity index (χ1) is 15.8. The number of fused-ring (bicyclic) bond motifs is 3. The number of hydrogen-bond donors (Lipinski definition) is 1. The number of ketones is 1. The molecular weight excluding hydrogens is 488 g/mol. The zero-order chi connectivity index (χ0) is 23.7. The smallest absolute Gasteiger partial charge is 0.343 e. The molecule has 1 amide bonds. The Bertz CT molecular complexity index is 1270. The Labute approximate surface area is 200 Å². The molecule has 0 saturated heterocycles. The molecule has 0 spiro atoms. The third-order valence-electron chi connectivity index (χ3n) is 6.16. The van der Waals surface area contributed by atoms with Crippen LogP contribution in [0.4, 0.5) is 0 Å². The zero-order valence-electron chi connectivity index (χ0n) is 18.6. The van der Waals surface area contributed by atoms with Crippen LogP contribution < -0.4 is 10.5 Å². The number of aromatic nitrogens is 1. The molecule has 0 aliphatic heterocycles. The van der Waals surface area contributed by atoms with Crippen LogP contribution in [0.2, 0.25) is 0 Å². The average Bonchev–Trinajstić information content (AvgIpc) is 3.30. The second-order valence-electron chi connectivity index (χ2n) is 8.10. The fraction of sp³-hybridized carbons (Fsp3) is 0.320. The normalized spacial score (nSPS) is 15.0. The second-order valence-corrected chi connectivity index (χ2v) is 8.96. The number of Topliss-reactive ketones (excluding diaryl/α,β-unsaturated/α-hetero) is 1. The van der Waals surface area contributed by atoms with E-state index in [-0.39, 0.29) is 12.2 Å². The lowest BCUT2D eigenvalue weighted by Crippen LogP contribution is -2.24. The summed E-state index contributed by atoms with van der Waals surface area (Å²) >= 11 is 3.65. The van der Waals surface area contributed by atoms with Crippen LogP contribution in [0.1, 0.15) is 40.0 Å². The molecule has 0 unspecified atom stereocenters. The number of aryl methyl sites for hydroxylation is 2. The van der Waals surface area contributed by atoms with Crippen molar-refractivity contribution in [3.63, 3.8) is 0 Å². The number of amides is 1. The minimum Gasteiger partial charge on any atom is -0.481 e. The number of carbonyl (C=O) groups is 3. The number of esters is 1. The molecular formula is C25H25BrN2O5. The van der Waals surface area contributed by atoms with Gasteiger partial charge < -0.3 is 19.8 Å². The van der Waals surface area contributed by atoms with Crippen LogP contribution >= 0.6 is 15.9 Å². The van der Waals surface area contributed by atoms with Gasteiger partial charge in [-0.05, 0) is 61.4 Å². The van der Waals surface area contributed by atoms with Crippen LogP contribution in [0, 0.1) is 6.92 Å². The summed E-state index contributed by atoms with van der Waals surface area (Å²) in [6, 6.07) is 1.87. The number of primary amides is 1. The summed E-state index contributed by atoms with van der Waals surface area (Å²) in [4.78, 5) is 36.7. The fourth-order valence-electron chi connectivity index (χ4n) is 4.58. The molecule has 4 rings (SSSR count). The number of nitrogens with two attached hydrogens (primary N) is 1. The minimum atomic E-state index is -1.03. The van der Waals surface area contributed by atoms with E-state index in [1.165, 1.54) is 7.11 Å². The Balaban J connectivity index is 1.98. The maximum absolute atomic E-state index is 13.0. The average molecular weight is 513 g/mol. The summed E-state index contributed by atoms with van der Waals surface area (Å²) in [5.41, 5.74) is 10.4. The van der Waals surface area contributed by atoms with Crippen molar-refractivity contribution in [2.45, 2.75) is 39.2 Å². The number of carbonyl (C=O) groups excluding carboxylic acids is 3. The molecule has 1 aromatic heterocycles. The molecule has 1 aromatic carbocycles. The number of methoxy groups -OCH3 is 1. The van der Waals surface area contributed by atoms with Gasteiger partial charge in [-0.15, -0.1) is 0 Å². The standard InChI is InChI=1S/C25H25BrN2O5/c1-14-21(24(30)25(27)31)22-19(33-13-20(29)32-2)11-15-8-6-9-17(15)23(22)28(14)12-16-7-4-3-5-10-18(16)26/h3,5,7,10-11H,4,6,8-9,12-13H2,1-2H3,(H2,27,31). The Hall–Kier alpha value is -3.13. The van der Waals surface area contributed by atoms with E-state index in [1.807, 2.05) is 25.1 Å². The lowest BCUT2D eigenvalue weighted by atomic mass is 10.0. The summed E-state index contributed by atoms with van der Waals surface area (Å²) < 4.78 is 13.6. The van der Waals surface area contributed by atoms with E-state index in [0.717, 1.165) is 52.4 Å². The molecule has 2 aromatic rings. The Morgan fingerprint density at radius 3 is 2.76 bits per heavy atom. The summed E-state index contributed by atoms with van der Waals surface area (Å²) in [6.45, 7) is 2.01. The van der Waals surface area contributed by atoms with E-state index >= 15 is 0 Å². The van der Waals surface area contributed by atoms with Crippen LogP contribution in [-0.4, -0.2) is 35.9 Å². The first kappa shape index (κ1) is 23.0. The third kappa shape index (κ3) is 4.27. The molecule has 0 radical (unpaired) electrons. The van der Waals surface area contributed by atoms with Gasteiger partial charge in [0.05, 0.1) is 23.6 Å². The van der Waals surface area contributed by atoms with E-state index in [2.05, 4.69) is 32.6 Å². The monoisotopic (exact) mass is 512 g/mol. The predicted molar refractivity (Wildman–Crippen MR) is 129 cm³/mol. The number of allylic oxidation sites excluding steroid dienone is 6. The summed E-state index contributed by atoms with van der Waals surface area (Å²) in [5.74, 6) is -1.96. The second kappa shape index (κ2) is 9.39. The highest BCUT2D eigenvalue weighted by atomic mass is 79.9. The van der Waals surface area contributed by atoms with Gasteiger partial charge in [0.1, 0.15) is 5.75 Å². The fourth-order valence-corrected chi connectivity index (χ4v) is 5.02. The van der Waals surface area contributed by atoms with E-state index in [9.17, 15) is 14.4 Å². The largest absolute Gasteiger partial charge is 0.481 e. The molecule has 1 heterocycles. The molecule has 0 saturated carbocycles. The van der Waals surface area contributed by atoms with E-state index in [4.69, 9.17) is 15.2 Å². The lowest BCUT2D eigenvalue weighted by Gasteiger charge is -2.15. The molecule has 7 nitrogen and oxygen atoms in total. The number of benzene rings is 1. The SMILES string of the molecule is COC(=O)COc1cc2c(c3c1c(C(=O)C(N)=O)c(C)n3CC1=CCC=CC=C1Br)CCC2. The summed E-state index contributed by atoms with van der Waals surface area (Å²) in [7, 11) is 1.29. The van der Waals surface area contributed by atoms with Gasteiger partial charge in [-0.3, -0.25) is 9.59 Å². The molecule has 2 aliphatic rings. The minimum absolute atomic E-state index is 0.222. The molecule has 0 atom stereocenters. The lowest BCUT2D eigenvalue weighted by molar-refractivity contribution is -0.142. The highest BCUT2D eigenvalue weighted by molar-refractivity contribution is 9.12. The van der Waals surface area contributed by atoms with Gasteiger partial charge in [0.15, 0.2) is 6.61 Å². The van der Waals surface area contributed by atoms with Crippen molar-refractivity contribution in [2.24, 2.45) is 5.73 Å². The number of hydrogen-bond acceptors (Lipinski definition) is 5. The van der Waals surface area contributed by atoms with Gasteiger partial charge in [-0.25, -0.2) is 4.79 Å². The highest BCUT2D eigenvalue weighted by Crippen LogP contribution is 2.42. The first-order valence-electron chi connectivity index (χ1n) is 10.8. The van der Waals surface area contributed by atoms with Gasteiger partial charge in [0, 0.05) is 16.7 Å². The van der Waals surface area contributed by atoms with Crippen LogP contribution in [0.3, 0.4) is 0 Å². The maximum Gasteiger partial charge on any atom is 0.343 e. The van der Waals surface area contributed by atoms with Gasteiger partial charge >= 0.3 is 5.97 Å². The van der Waals surface area contributed by atoms with E-state index in [0.29, 0.717) is 23.4 Å². The molecule has 8 heteroatoms. The van der Waals surface area contributed by atoms with Crippen molar-refractivity contribution in [2.75, 3.05) is 13.7 Å². The van der Waals surface area contributed by atoms with E-state index in [1.54, 1.807) is 0 Å². The van der Waals surface area contributed by atoms with Crippen molar-refractivity contribution in [3.8, 4) is 5.75 Å². The number of halogens is 1. The molecule has 172 valence electrons. The van der Waals surface area contributed by atoms with Crippen LogP contribution in [-0.2, 0) is 33.7 Å². The Morgan fingerprint density at radius 1 is 1.24 bits per heavy atom. The number of ether oxygens (including phenoxy) is 2. The number of nitrogens with zero attached hydrogens (tertiary/aromatic N) is 1. The van der Waals surface area contributed by atoms with Crippen LogP contribution in [0.25, 0.3) is 10.9 Å². The Kier molecular flexibility index (Phi) is 6.56. The summed E-state index contributed by atoms with van der Waals surface area (Å²) in [5, 5.41) is 0.522. The molecule has 33 heavy (non-hydrogen) atoms. The van der Waals surface area contributed by atoms with Crippen molar-refractivity contribution in [1.29, 1.82) is 0 Å². The van der Waals surface area contributed by atoms with Gasteiger partial charge in [0.2, 0.25) is 0 Å². The Morgan fingerprint density at radius 2 is 2.03 bits per heavy atom. The van der Waals surface area contributed by atoms with Crippen molar-refractivity contribution in [3.05, 3.63) is 62.8 Å². The quantitative estimate of drug-likeness (QED) is 0.345. The maximum atomic E-state index is 13.0. The van der Waals surface area contributed by atoms with Gasteiger partial charge in [-0.2, -0.15) is 0 Å². The molecule has 0 fully saturated rings. The van der Waals surface area contributed by atoms with E-state index < -0.39 is 17.7 Å². The predicted octanol–water partition coefficient (Wildman–Crippen LogP) is 3.82. The molecule has 0 bridgehead atoms. The van der Waals surface area contributed by atoms with Crippen LogP contribution in [0.5, 0.6) is 5.75 Å². The van der Waals surface area contributed by atoms with Gasteiger partial charge in [-0.1, -0.05) is 34.2 Å². The topological polar surface area (TPSA) is 101 Å². The van der Waals surface area contributed by atoms with Crippen molar-refractivity contribution < 1.29 is 23.9 Å². The van der Waals surface area contributed by atoms with Gasteiger partial charge in [0.25, 0.3) is 11.7 Å². The highest BCUT2D eigenvalue weighted by Gasteiger charge is 2.30. The van der Waals surface area contributed by atoms with Crippen molar-refractivity contribution >= 4 is 44.5 Å². The summed E-state index contributed by atoms with van der Waals surface area (Å²) in [6.07, 6.45) is 11.7.